The van der Waals surface area contributed by atoms with Crippen LogP contribution >= 0.6 is 15.9 Å². The van der Waals surface area contributed by atoms with Crippen molar-refractivity contribution in [3.8, 4) is 0 Å². The summed E-state index contributed by atoms with van der Waals surface area (Å²) in [4.78, 5) is 16.8. The van der Waals surface area contributed by atoms with E-state index in [2.05, 4.69) is 33.2 Å². The first kappa shape index (κ1) is 15.2. The van der Waals surface area contributed by atoms with Crippen molar-refractivity contribution < 1.29 is 0 Å². The average molecular weight is 316 g/mol. The summed E-state index contributed by atoms with van der Waals surface area (Å²) in [6.45, 7) is 10.1. The zero-order valence-corrected chi connectivity index (χ0v) is 13.3. The minimum absolute atomic E-state index is 0.0703. The van der Waals surface area contributed by atoms with Crippen molar-refractivity contribution in [2.45, 2.75) is 57.4 Å². The lowest BCUT2D eigenvalue weighted by atomic mass is 10.1. The number of hydrogen-bond donors (Lipinski definition) is 1. The van der Waals surface area contributed by atoms with Gasteiger partial charge in [-0.05, 0) is 34.1 Å². The first-order valence-electron chi connectivity index (χ1n) is 6.20. The van der Waals surface area contributed by atoms with Crippen molar-refractivity contribution in [1.82, 2.24) is 9.55 Å². The maximum absolute atomic E-state index is 12.3. The number of nitrogens with zero attached hydrogens (tertiary/aromatic N) is 2. The molecule has 0 saturated heterocycles. The molecular weight excluding hydrogens is 294 g/mol. The number of aromatic nitrogens is 2. The molecule has 0 aliphatic carbocycles. The fourth-order valence-electron chi connectivity index (χ4n) is 1.82. The normalized spacial score (nSPS) is 15.2. The van der Waals surface area contributed by atoms with Crippen LogP contribution in [-0.4, -0.2) is 20.4 Å². The fraction of sp³-hybridized carbons (Fsp3) is 0.692. The van der Waals surface area contributed by atoms with Crippen molar-refractivity contribution in [2.24, 2.45) is 0 Å². The molecule has 0 aliphatic rings. The van der Waals surface area contributed by atoms with E-state index in [9.17, 15) is 4.79 Å². The summed E-state index contributed by atoms with van der Waals surface area (Å²) in [5, 5.41) is 3.18. The molecule has 1 N–H and O–H groups in total. The summed E-state index contributed by atoms with van der Waals surface area (Å²) in [6.07, 6.45) is 4.33. The van der Waals surface area contributed by atoms with E-state index >= 15 is 0 Å². The van der Waals surface area contributed by atoms with Gasteiger partial charge < -0.3 is 9.88 Å². The highest BCUT2D eigenvalue weighted by molar-refractivity contribution is 9.09. The molecule has 0 fully saturated rings. The zero-order chi connectivity index (χ0) is 13.9. The van der Waals surface area contributed by atoms with Crippen LogP contribution in [0.1, 0.15) is 41.0 Å². The average Bonchev–Trinajstić information content (AvgIpc) is 2.18. The van der Waals surface area contributed by atoms with E-state index in [4.69, 9.17) is 0 Å². The Labute approximate surface area is 117 Å². The predicted molar refractivity (Wildman–Crippen MR) is 79.6 cm³/mol. The van der Waals surface area contributed by atoms with Crippen LogP contribution in [0.2, 0.25) is 0 Å². The Morgan fingerprint density at radius 2 is 2.06 bits per heavy atom. The lowest BCUT2D eigenvalue weighted by Crippen LogP contribution is -2.36. The van der Waals surface area contributed by atoms with E-state index in [-0.39, 0.29) is 17.1 Å². The van der Waals surface area contributed by atoms with Gasteiger partial charge in [0.05, 0.1) is 0 Å². The first-order chi connectivity index (χ1) is 8.21. The molecule has 1 heterocycles. The van der Waals surface area contributed by atoms with Gasteiger partial charge in [0.15, 0.2) is 5.82 Å². The van der Waals surface area contributed by atoms with Crippen LogP contribution in [0.15, 0.2) is 17.2 Å². The molecule has 1 aromatic rings. The minimum Gasteiger partial charge on any atom is -0.363 e. The van der Waals surface area contributed by atoms with Gasteiger partial charge in [0.2, 0.25) is 0 Å². The molecule has 4 nitrogen and oxygen atoms in total. The highest BCUT2D eigenvalue weighted by Gasteiger charge is 2.17. The summed E-state index contributed by atoms with van der Waals surface area (Å²) >= 11 is 3.51. The lowest BCUT2D eigenvalue weighted by Gasteiger charge is -2.23. The minimum atomic E-state index is -0.234. The molecule has 102 valence electrons. The molecule has 0 spiro atoms. The van der Waals surface area contributed by atoms with E-state index in [0.717, 1.165) is 6.42 Å². The molecule has 2 atom stereocenters. The third-order valence-corrected chi connectivity index (χ3v) is 3.00. The second-order valence-electron chi connectivity index (χ2n) is 5.68. The summed E-state index contributed by atoms with van der Waals surface area (Å²) < 4.78 is 1.70. The summed E-state index contributed by atoms with van der Waals surface area (Å²) in [5.74, 6) is 0.424. The standard InChI is InChI=1S/C13H22BrN3O/c1-9(14)8-10(2)16-11-12(18)17(7-6-15-11)13(3,4)5/h6-7,9-10H,8H2,1-5H3,(H,15,16). The smallest absolute Gasteiger partial charge is 0.293 e. The van der Waals surface area contributed by atoms with Gasteiger partial charge in [-0.1, -0.05) is 22.9 Å². The van der Waals surface area contributed by atoms with Gasteiger partial charge in [-0.2, -0.15) is 0 Å². The summed E-state index contributed by atoms with van der Waals surface area (Å²) in [6, 6.07) is 0.204. The number of halogens is 1. The molecular formula is C13H22BrN3O. The largest absolute Gasteiger partial charge is 0.363 e. The Morgan fingerprint density at radius 1 is 1.44 bits per heavy atom. The maximum Gasteiger partial charge on any atom is 0.293 e. The highest BCUT2D eigenvalue weighted by atomic mass is 79.9. The number of alkyl halides is 1. The third-order valence-electron chi connectivity index (χ3n) is 2.62. The van der Waals surface area contributed by atoms with Gasteiger partial charge in [-0.3, -0.25) is 4.79 Å². The number of nitrogens with one attached hydrogen (secondary N) is 1. The van der Waals surface area contributed by atoms with Crippen molar-refractivity contribution in [2.75, 3.05) is 5.32 Å². The van der Waals surface area contributed by atoms with Gasteiger partial charge in [0.25, 0.3) is 5.56 Å². The van der Waals surface area contributed by atoms with Crippen LogP contribution in [0.4, 0.5) is 5.82 Å². The van der Waals surface area contributed by atoms with Crippen molar-refractivity contribution in [3.05, 3.63) is 22.7 Å². The van der Waals surface area contributed by atoms with Crippen LogP contribution in [0.3, 0.4) is 0 Å². The molecule has 0 aliphatic heterocycles. The van der Waals surface area contributed by atoms with Crippen LogP contribution in [-0.2, 0) is 5.54 Å². The van der Waals surface area contributed by atoms with E-state index < -0.39 is 0 Å². The lowest BCUT2D eigenvalue weighted by molar-refractivity contribution is 0.383. The molecule has 1 rings (SSSR count). The van der Waals surface area contributed by atoms with Crippen LogP contribution in [0.5, 0.6) is 0 Å². The quantitative estimate of drug-likeness (QED) is 0.869. The van der Waals surface area contributed by atoms with Crippen LogP contribution < -0.4 is 10.9 Å². The van der Waals surface area contributed by atoms with Crippen molar-refractivity contribution >= 4 is 21.7 Å². The molecule has 2 unspecified atom stereocenters. The molecule has 0 bridgehead atoms. The maximum atomic E-state index is 12.3. The predicted octanol–water partition coefficient (Wildman–Crippen LogP) is 2.97. The number of hydrogen-bond acceptors (Lipinski definition) is 3. The molecule has 0 amide bonds. The highest BCUT2D eigenvalue weighted by Crippen LogP contribution is 2.12. The van der Waals surface area contributed by atoms with Gasteiger partial charge in [-0.25, -0.2) is 4.98 Å². The topological polar surface area (TPSA) is 46.9 Å². The second kappa shape index (κ2) is 5.87. The molecule has 5 heteroatoms. The Bertz CT molecular complexity index is 448. The van der Waals surface area contributed by atoms with Gasteiger partial charge in [0.1, 0.15) is 0 Å². The molecule has 0 saturated carbocycles. The molecule has 0 radical (unpaired) electrons. The van der Waals surface area contributed by atoms with Crippen molar-refractivity contribution in [1.29, 1.82) is 0 Å². The Balaban J connectivity index is 2.95. The first-order valence-corrected chi connectivity index (χ1v) is 7.12. The van der Waals surface area contributed by atoms with Gasteiger partial charge in [-0.15, -0.1) is 0 Å². The van der Waals surface area contributed by atoms with E-state index in [0.29, 0.717) is 10.6 Å². The summed E-state index contributed by atoms with van der Waals surface area (Å²) in [5.41, 5.74) is -0.304. The number of rotatable bonds is 4. The fourth-order valence-corrected chi connectivity index (χ4v) is 2.38. The number of anilines is 1. The Hall–Kier alpha value is -0.840. The van der Waals surface area contributed by atoms with Crippen LogP contribution in [0.25, 0.3) is 0 Å². The van der Waals surface area contributed by atoms with Crippen LogP contribution in [0, 0.1) is 0 Å². The van der Waals surface area contributed by atoms with Gasteiger partial charge >= 0.3 is 0 Å². The van der Waals surface area contributed by atoms with Crippen molar-refractivity contribution in [3.63, 3.8) is 0 Å². The van der Waals surface area contributed by atoms with E-state index in [1.54, 1.807) is 17.0 Å². The SMILES string of the molecule is CC(Br)CC(C)Nc1nccn(C(C)(C)C)c1=O. The molecule has 1 aromatic heterocycles. The third kappa shape index (κ3) is 4.12. The van der Waals surface area contributed by atoms with E-state index in [1.807, 2.05) is 27.7 Å². The molecule has 18 heavy (non-hydrogen) atoms. The second-order valence-corrected chi connectivity index (χ2v) is 7.25. The Morgan fingerprint density at radius 3 is 2.56 bits per heavy atom. The zero-order valence-electron chi connectivity index (χ0n) is 11.7. The Kier molecular flexibility index (Phi) is 4.96. The monoisotopic (exact) mass is 315 g/mol. The van der Waals surface area contributed by atoms with Gasteiger partial charge in [0, 0.05) is 28.8 Å². The molecule has 0 aromatic carbocycles. The summed E-state index contributed by atoms with van der Waals surface area (Å²) in [7, 11) is 0. The van der Waals surface area contributed by atoms with E-state index in [1.165, 1.54) is 0 Å².